The van der Waals surface area contributed by atoms with Gasteiger partial charge in [-0.1, -0.05) is 80.4 Å². The van der Waals surface area contributed by atoms with Gasteiger partial charge in [0.25, 0.3) is 5.91 Å². The quantitative estimate of drug-likeness (QED) is 0.106. The van der Waals surface area contributed by atoms with Gasteiger partial charge in [0.2, 0.25) is 0 Å². The molecule has 1 amide bonds. The summed E-state index contributed by atoms with van der Waals surface area (Å²) in [6.07, 6.45) is 0. The van der Waals surface area contributed by atoms with Crippen LogP contribution < -0.4 is 11.1 Å². The SMILES string of the molecule is COC(=O)c1ccc(-c2ccc(C(=O)Nc3ccc(Br)cc3)cc2)cc1.COC(=O)c1ccc(-c2ccc(C(=O)O)cc2)cc1.Nc1ccc(Br)cc1. The van der Waals surface area contributed by atoms with E-state index < -0.39 is 5.97 Å². The Kier molecular flexibility index (Phi) is 14.6. The molecule has 0 aliphatic carbocycles. The number of nitrogens with two attached hydrogens (primary N) is 1. The highest BCUT2D eigenvalue weighted by molar-refractivity contribution is 9.10. The maximum absolute atomic E-state index is 12.3. The average Bonchev–Trinajstić information content (AvgIpc) is 3.20. The number of hydrogen-bond acceptors (Lipinski definition) is 7. The van der Waals surface area contributed by atoms with Gasteiger partial charge in [-0.15, -0.1) is 0 Å². The van der Waals surface area contributed by atoms with Crippen molar-refractivity contribution in [1.82, 2.24) is 0 Å². The Morgan fingerprint density at radius 3 is 1.13 bits per heavy atom. The number of hydrogen-bond donors (Lipinski definition) is 3. The topological polar surface area (TPSA) is 145 Å². The smallest absolute Gasteiger partial charge is 0.337 e. The highest BCUT2D eigenvalue weighted by Crippen LogP contribution is 2.23. The number of ether oxygens (including phenoxy) is 2. The number of esters is 2. The van der Waals surface area contributed by atoms with Crippen molar-refractivity contribution in [2.45, 2.75) is 0 Å². The summed E-state index contributed by atoms with van der Waals surface area (Å²) in [6, 6.07) is 42.9. The van der Waals surface area contributed by atoms with E-state index in [1.165, 1.54) is 14.2 Å². The van der Waals surface area contributed by atoms with Crippen LogP contribution in [0.5, 0.6) is 0 Å². The Morgan fingerprint density at radius 2 is 0.811 bits per heavy atom. The molecule has 6 aromatic carbocycles. The lowest BCUT2D eigenvalue weighted by atomic mass is 10.0. The summed E-state index contributed by atoms with van der Waals surface area (Å²) in [4.78, 5) is 45.8. The molecule has 9 nitrogen and oxygen atoms in total. The third-order valence-corrected chi connectivity index (χ3v) is 8.59. The van der Waals surface area contributed by atoms with Crippen molar-refractivity contribution in [2.75, 3.05) is 25.3 Å². The van der Waals surface area contributed by atoms with Gasteiger partial charge in [-0.05, 0) is 119 Å². The maximum atomic E-state index is 12.3. The van der Waals surface area contributed by atoms with Gasteiger partial charge in [-0.3, -0.25) is 4.79 Å². The van der Waals surface area contributed by atoms with Crippen LogP contribution in [-0.2, 0) is 9.47 Å². The number of carboxylic acids is 1. The number of nitrogens with one attached hydrogen (secondary N) is 1. The number of halogens is 2. The summed E-state index contributed by atoms with van der Waals surface area (Å²) in [7, 11) is 2.69. The number of benzene rings is 6. The Labute approximate surface area is 323 Å². The molecule has 0 saturated heterocycles. The number of rotatable bonds is 7. The van der Waals surface area contributed by atoms with E-state index >= 15 is 0 Å². The van der Waals surface area contributed by atoms with Crippen molar-refractivity contribution >= 4 is 67.0 Å². The molecule has 4 N–H and O–H groups in total. The van der Waals surface area contributed by atoms with Crippen LogP contribution in [0.2, 0.25) is 0 Å². The predicted octanol–water partition coefficient (Wildman–Crippen LogP) is 10.0. The minimum Gasteiger partial charge on any atom is -0.478 e. The minimum absolute atomic E-state index is 0.167. The molecule has 0 aromatic heterocycles. The van der Waals surface area contributed by atoms with Crippen molar-refractivity contribution in [3.05, 3.63) is 177 Å². The molecule has 53 heavy (non-hydrogen) atoms. The lowest BCUT2D eigenvalue weighted by Crippen LogP contribution is -2.11. The average molecular weight is 839 g/mol. The van der Waals surface area contributed by atoms with Gasteiger partial charge in [-0.25, -0.2) is 14.4 Å². The molecule has 6 aromatic rings. The van der Waals surface area contributed by atoms with Gasteiger partial charge >= 0.3 is 17.9 Å². The molecule has 0 atom stereocenters. The molecule has 11 heteroatoms. The number of carboxylic acid groups (broad SMARTS) is 1. The van der Waals surface area contributed by atoms with Gasteiger partial charge in [0.15, 0.2) is 0 Å². The van der Waals surface area contributed by atoms with Crippen molar-refractivity contribution in [1.29, 1.82) is 0 Å². The second-order valence-electron chi connectivity index (χ2n) is 11.1. The fraction of sp³-hybridized carbons (Fsp3) is 0.0476. The van der Waals surface area contributed by atoms with E-state index in [0.29, 0.717) is 16.7 Å². The van der Waals surface area contributed by atoms with Crippen LogP contribution in [0.4, 0.5) is 11.4 Å². The molecular formula is C42H34Br2N2O7. The highest BCUT2D eigenvalue weighted by atomic mass is 79.9. The first-order valence-corrected chi connectivity index (χ1v) is 17.4. The monoisotopic (exact) mass is 836 g/mol. The molecular weight excluding hydrogens is 804 g/mol. The molecule has 0 radical (unpaired) electrons. The lowest BCUT2D eigenvalue weighted by Gasteiger charge is -2.07. The molecule has 0 unspecified atom stereocenters. The van der Waals surface area contributed by atoms with E-state index in [4.69, 9.17) is 15.6 Å². The summed E-state index contributed by atoms with van der Waals surface area (Å²) in [5.41, 5.74) is 12.5. The third-order valence-electron chi connectivity index (χ3n) is 7.53. The van der Waals surface area contributed by atoms with Crippen LogP contribution in [0.15, 0.2) is 155 Å². The van der Waals surface area contributed by atoms with E-state index in [2.05, 4.69) is 41.9 Å². The largest absolute Gasteiger partial charge is 0.478 e. The summed E-state index contributed by atoms with van der Waals surface area (Å²) >= 11 is 6.65. The molecule has 268 valence electrons. The van der Waals surface area contributed by atoms with E-state index in [0.717, 1.165) is 42.6 Å². The summed E-state index contributed by atoms with van der Waals surface area (Å²) in [5, 5.41) is 11.7. The molecule has 0 fully saturated rings. The first-order chi connectivity index (χ1) is 25.5. The van der Waals surface area contributed by atoms with Crippen molar-refractivity contribution in [3.8, 4) is 22.3 Å². The normalized spacial score (nSPS) is 9.96. The van der Waals surface area contributed by atoms with Crippen molar-refractivity contribution in [2.24, 2.45) is 0 Å². The summed E-state index contributed by atoms with van der Waals surface area (Å²) < 4.78 is 11.3. The third kappa shape index (κ3) is 12.0. The number of carbonyl (C=O) groups excluding carboxylic acids is 3. The van der Waals surface area contributed by atoms with Gasteiger partial charge in [0, 0.05) is 25.9 Å². The Bertz CT molecular complexity index is 2120. The number of anilines is 2. The van der Waals surface area contributed by atoms with Crippen molar-refractivity contribution < 1.29 is 33.8 Å². The van der Waals surface area contributed by atoms with Crippen LogP contribution in [0.1, 0.15) is 41.4 Å². The Balaban J connectivity index is 0.000000202. The van der Waals surface area contributed by atoms with E-state index in [-0.39, 0.29) is 23.4 Å². The number of methoxy groups -OCH3 is 2. The molecule has 0 heterocycles. The summed E-state index contributed by atoms with van der Waals surface area (Å²) in [6.45, 7) is 0. The van der Waals surface area contributed by atoms with Gasteiger partial charge in [-0.2, -0.15) is 0 Å². The lowest BCUT2D eigenvalue weighted by molar-refractivity contribution is 0.0592. The predicted molar refractivity (Wildman–Crippen MR) is 214 cm³/mol. The summed E-state index contributed by atoms with van der Waals surface area (Å²) in [5.74, 6) is -1.86. The zero-order valence-electron chi connectivity index (χ0n) is 28.6. The Hall–Kier alpha value is -6.04. The van der Waals surface area contributed by atoms with E-state index in [9.17, 15) is 19.2 Å². The molecule has 0 aliphatic heterocycles. The first-order valence-electron chi connectivity index (χ1n) is 15.9. The first kappa shape index (κ1) is 39.7. The molecule has 0 bridgehead atoms. The minimum atomic E-state index is -0.951. The van der Waals surface area contributed by atoms with E-state index in [1.54, 1.807) is 72.8 Å². The maximum Gasteiger partial charge on any atom is 0.337 e. The zero-order chi connectivity index (χ0) is 38.3. The second kappa shape index (κ2) is 19.5. The van der Waals surface area contributed by atoms with Crippen LogP contribution in [-0.4, -0.2) is 43.1 Å². The number of aromatic carboxylic acids is 1. The molecule has 0 saturated carbocycles. The molecule has 0 aliphatic rings. The Morgan fingerprint density at radius 1 is 0.491 bits per heavy atom. The van der Waals surface area contributed by atoms with Gasteiger partial charge in [0.1, 0.15) is 0 Å². The van der Waals surface area contributed by atoms with Crippen LogP contribution >= 0.6 is 31.9 Å². The van der Waals surface area contributed by atoms with Crippen molar-refractivity contribution in [3.63, 3.8) is 0 Å². The molecule has 6 rings (SSSR count). The van der Waals surface area contributed by atoms with Gasteiger partial charge in [0.05, 0.1) is 30.9 Å². The number of carbonyl (C=O) groups is 4. The van der Waals surface area contributed by atoms with Gasteiger partial charge < -0.3 is 25.6 Å². The zero-order valence-corrected chi connectivity index (χ0v) is 31.8. The fourth-order valence-electron chi connectivity index (χ4n) is 4.65. The standard InChI is InChI=1S/C21H16BrNO3.C15H12O4.C6H6BrN/c1-26-21(25)17-8-4-15(5-9-17)14-2-6-16(7-3-14)20(24)23-19-12-10-18(22)11-13-19;1-19-15(18)13-8-4-11(5-9-13)10-2-6-12(7-3-10)14(16)17;7-5-1-3-6(8)4-2-5/h2-13H,1H3,(H,23,24);2-9H,1H3,(H,16,17);1-4H,8H2. The molecule has 0 spiro atoms. The van der Waals surface area contributed by atoms with Crippen LogP contribution in [0.25, 0.3) is 22.3 Å². The highest BCUT2D eigenvalue weighted by Gasteiger charge is 2.09. The number of amides is 1. The number of nitrogen functional groups attached to an aromatic ring is 1. The van der Waals surface area contributed by atoms with E-state index in [1.807, 2.05) is 72.8 Å². The van der Waals surface area contributed by atoms with Crippen LogP contribution in [0.3, 0.4) is 0 Å². The fourth-order valence-corrected chi connectivity index (χ4v) is 5.18. The second-order valence-corrected chi connectivity index (χ2v) is 12.9. The van der Waals surface area contributed by atoms with Crippen LogP contribution in [0, 0.1) is 0 Å².